The van der Waals surface area contributed by atoms with Crippen LogP contribution in [0.2, 0.25) is 0 Å². The zero-order valence-electron chi connectivity index (χ0n) is 13.4. The summed E-state index contributed by atoms with van der Waals surface area (Å²) in [6.45, 7) is 9.97. The van der Waals surface area contributed by atoms with Crippen LogP contribution in [-0.2, 0) is 13.0 Å². The van der Waals surface area contributed by atoms with Gasteiger partial charge < -0.3 is 5.32 Å². The Morgan fingerprint density at radius 3 is 2.75 bits per heavy atom. The molecule has 0 spiro atoms. The van der Waals surface area contributed by atoms with Crippen molar-refractivity contribution in [1.82, 2.24) is 20.1 Å². The molecule has 0 aromatic carbocycles. The predicted molar refractivity (Wildman–Crippen MR) is 82.6 cm³/mol. The number of nitrogens with zero attached hydrogens (tertiary/aromatic N) is 3. The van der Waals surface area contributed by atoms with E-state index in [-0.39, 0.29) is 0 Å². The van der Waals surface area contributed by atoms with Gasteiger partial charge in [-0.15, -0.1) is 0 Å². The summed E-state index contributed by atoms with van der Waals surface area (Å²) in [5.74, 6) is 1.90. The lowest BCUT2D eigenvalue weighted by Gasteiger charge is -2.29. The van der Waals surface area contributed by atoms with Crippen LogP contribution in [0.4, 0.5) is 0 Å². The molecule has 1 aromatic rings. The van der Waals surface area contributed by atoms with Gasteiger partial charge in [0.05, 0.1) is 0 Å². The number of nitrogens with one attached hydrogen (secondary N) is 1. The van der Waals surface area contributed by atoms with Crippen molar-refractivity contribution < 1.29 is 0 Å². The van der Waals surface area contributed by atoms with E-state index >= 15 is 0 Å². The zero-order chi connectivity index (χ0) is 14.4. The van der Waals surface area contributed by atoms with E-state index in [1.54, 1.807) is 6.33 Å². The molecule has 1 fully saturated rings. The minimum atomic E-state index is 0.410. The quantitative estimate of drug-likeness (QED) is 0.795. The smallest absolute Gasteiger partial charge is 0.138 e. The SMILES string of the molecule is CCCn1ncnc1CC1(CNCC(C)C)CCCC1. The highest BCUT2D eigenvalue weighted by atomic mass is 15.3. The summed E-state index contributed by atoms with van der Waals surface area (Å²) in [4.78, 5) is 4.51. The molecule has 114 valence electrons. The highest BCUT2D eigenvalue weighted by molar-refractivity contribution is 4.97. The summed E-state index contributed by atoms with van der Waals surface area (Å²) in [5.41, 5.74) is 0.410. The summed E-state index contributed by atoms with van der Waals surface area (Å²) >= 11 is 0. The third kappa shape index (κ3) is 4.05. The lowest BCUT2D eigenvalue weighted by molar-refractivity contribution is 0.263. The van der Waals surface area contributed by atoms with Crippen LogP contribution in [0.3, 0.4) is 0 Å². The topological polar surface area (TPSA) is 42.7 Å². The van der Waals surface area contributed by atoms with E-state index in [9.17, 15) is 0 Å². The highest BCUT2D eigenvalue weighted by Gasteiger charge is 2.35. The van der Waals surface area contributed by atoms with E-state index in [0.717, 1.165) is 38.4 Å². The van der Waals surface area contributed by atoms with Gasteiger partial charge in [0.15, 0.2) is 0 Å². The maximum absolute atomic E-state index is 4.51. The molecule has 0 unspecified atom stereocenters. The number of rotatable bonds is 8. The molecule has 1 aliphatic rings. The number of hydrogen-bond donors (Lipinski definition) is 1. The maximum Gasteiger partial charge on any atom is 0.138 e. The molecule has 0 saturated heterocycles. The standard InChI is InChI=1S/C16H30N4/c1-4-9-20-15(18-13-19-20)10-16(7-5-6-8-16)12-17-11-14(2)3/h13-14,17H,4-12H2,1-3H3. The van der Waals surface area contributed by atoms with Crippen LogP contribution in [0.1, 0.15) is 58.7 Å². The van der Waals surface area contributed by atoms with Gasteiger partial charge in [-0.2, -0.15) is 5.10 Å². The molecule has 20 heavy (non-hydrogen) atoms. The second-order valence-corrected chi connectivity index (χ2v) is 6.81. The van der Waals surface area contributed by atoms with E-state index in [1.165, 1.54) is 31.5 Å². The number of hydrogen-bond acceptors (Lipinski definition) is 3. The second-order valence-electron chi connectivity index (χ2n) is 6.81. The first kappa shape index (κ1) is 15.5. The van der Waals surface area contributed by atoms with Gasteiger partial charge in [-0.1, -0.05) is 33.6 Å². The molecule has 0 amide bonds. The Labute approximate surface area is 123 Å². The van der Waals surface area contributed by atoms with E-state index in [1.807, 2.05) is 0 Å². The van der Waals surface area contributed by atoms with Crippen LogP contribution in [0.25, 0.3) is 0 Å². The van der Waals surface area contributed by atoms with Crippen molar-refractivity contribution in [3.8, 4) is 0 Å². The van der Waals surface area contributed by atoms with Crippen molar-refractivity contribution in [2.24, 2.45) is 11.3 Å². The van der Waals surface area contributed by atoms with Gasteiger partial charge in [-0.3, -0.25) is 4.68 Å². The van der Waals surface area contributed by atoms with E-state index in [2.05, 4.69) is 40.9 Å². The summed E-state index contributed by atoms with van der Waals surface area (Å²) in [5, 5.41) is 8.05. The molecule has 1 saturated carbocycles. The minimum Gasteiger partial charge on any atom is -0.316 e. The third-order valence-electron chi connectivity index (χ3n) is 4.38. The molecular weight excluding hydrogens is 248 g/mol. The monoisotopic (exact) mass is 278 g/mol. The van der Waals surface area contributed by atoms with Crippen LogP contribution in [-0.4, -0.2) is 27.9 Å². The second kappa shape index (κ2) is 7.21. The fourth-order valence-electron chi connectivity index (χ4n) is 3.33. The van der Waals surface area contributed by atoms with E-state index in [0.29, 0.717) is 5.41 Å². The largest absolute Gasteiger partial charge is 0.316 e. The first-order chi connectivity index (χ1) is 9.65. The minimum absolute atomic E-state index is 0.410. The van der Waals surface area contributed by atoms with E-state index in [4.69, 9.17) is 0 Å². The molecule has 4 nitrogen and oxygen atoms in total. The summed E-state index contributed by atoms with van der Waals surface area (Å²) in [7, 11) is 0. The van der Waals surface area contributed by atoms with Gasteiger partial charge in [0.1, 0.15) is 12.2 Å². The molecule has 1 aromatic heterocycles. The normalized spacial score (nSPS) is 18.0. The van der Waals surface area contributed by atoms with Crippen molar-refractivity contribution in [3.05, 3.63) is 12.2 Å². The highest BCUT2D eigenvalue weighted by Crippen LogP contribution is 2.40. The van der Waals surface area contributed by atoms with Gasteiger partial charge in [0, 0.05) is 19.5 Å². The summed E-state index contributed by atoms with van der Waals surface area (Å²) < 4.78 is 2.10. The summed E-state index contributed by atoms with van der Waals surface area (Å²) in [6.07, 6.45) is 9.31. The Bertz CT molecular complexity index is 391. The fraction of sp³-hybridized carbons (Fsp3) is 0.875. The maximum atomic E-state index is 4.51. The third-order valence-corrected chi connectivity index (χ3v) is 4.38. The number of aromatic nitrogens is 3. The van der Waals surface area contributed by atoms with Crippen LogP contribution >= 0.6 is 0 Å². The van der Waals surface area contributed by atoms with Crippen molar-refractivity contribution in [3.63, 3.8) is 0 Å². The van der Waals surface area contributed by atoms with Gasteiger partial charge >= 0.3 is 0 Å². The molecule has 0 atom stereocenters. The first-order valence-electron chi connectivity index (χ1n) is 8.22. The van der Waals surface area contributed by atoms with Crippen molar-refractivity contribution in [2.75, 3.05) is 13.1 Å². The van der Waals surface area contributed by atoms with E-state index < -0.39 is 0 Å². The van der Waals surface area contributed by atoms with Crippen LogP contribution < -0.4 is 5.32 Å². The molecule has 0 radical (unpaired) electrons. The van der Waals surface area contributed by atoms with Gasteiger partial charge in [-0.25, -0.2) is 4.98 Å². The molecule has 1 heterocycles. The average Bonchev–Trinajstić information content (AvgIpc) is 3.01. The van der Waals surface area contributed by atoms with Crippen molar-refractivity contribution in [2.45, 2.75) is 65.8 Å². The number of aryl methyl sites for hydroxylation is 1. The Kier molecular flexibility index (Phi) is 5.58. The molecule has 0 bridgehead atoms. The van der Waals surface area contributed by atoms with Crippen molar-refractivity contribution >= 4 is 0 Å². The Hall–Kier alpha value is -0.900. The summed E-state index contributed by atoms with van der Waals surface area (Å²) in [6, 6.07) is 0. The van der Waals surface area contributed by atoms with Gasteiger partial charge in [0.2, 0.25) is 0 Å². The van der Waals surface area contributed by atoms with Gasteiger partial charge in [0.25, 0.3) is 0 Å². The fourth-order valence-corrected chi connectivity index (χ4v) is 3.33. The molecule has 1 N–H and O–H groups in total. The van der Waals surface area contributed by atoms with Crippen LogP contribution in [0.5, 0.6) is 0 Å². The van der Waals surface area contributed by atoms with Crippen LogP contribution in [0, 0.1) is 11.3 Å². The van der Waals surface area contributed by atoms with Crippen molar-refractivity contribution in [1.29, 1.82) is 0 Å². The predicted octanol–water partition coefficient (Wildman–Crippen LogP) is 3.04. The van der Waals surface area contributed by atoms with Gasteiger partial charge in [-0.05, 0) is 37.1 Å². The first-order valence-corrected chi connectivity index (χ1v) is 8.22. The molecule has 0 aliphatic heterocycles. The lowest BCUT2D eigenvalue weighted by Crippen LogP contribution is -2.36. The molecule has 4 heteroatoms. The zero-order valence-corrected chi connectivity index (χ0v) is 13.4. The average molecular weight is 278 g/mol. The Balaban J connectivity index is 1.99. The molecule has 1 aliphatic carbocycles. The molecule has 2 rings (SSSR count). The molecular formula is C16H30N4. The Morgan fingerprint density at radius 1 is 1.35 bits per heavy atom. The Morgan fingerprint density at radius 2 is 2.10 bits per heavy atom. The lowest BCUT2D eigenvalue weighted by atomic mass is 9.82. The van der Waals surface area contributed by atoms with Crippen LogP contribution in [0.15, 0.2) is 6.33 Å².